The van der Waals surface area contributed by atoms with Gasteiger partial charge in [0.25, 0.3) is 0 Å². The molecule has 2 heterocycles. The van der Waals surface area contributed by atoms with E-state index in [2.05, 4.69) is 30.5 Å². The summed E-state index contributed by atoms with van der Waals surface area (Å²) < 4.78 is 30.2. The summed E-state index contributed by atoms with van der Waals surface area (Å²) >= 11 is 0. The van der Waals surface area contributed by atoms with Crippen molar-refractivity contribution in [2.75, 3.05) is 7.05 Å². The van der Waals surface area contributed by atoms with Crippen LogP contribution in [0.5, 0.6) is 0 Å². The molecule has 30 heavy (non-hydrogen) atoms. The van der Waals surface area contributed by atoms with Crippen molar-refractivity contribution in [3.05, 3.63) is 60.0 Å². The van der Waals surface area contributed by atoms with Crippen LogP contribution in [-0.4, -0.2) is 41.6 Å². The van der Waals surface area contributed by atoms with Crippen molar-refractivity contribution in [1.82, 2.24) is 30.0 Å². The number of guanidine groups is 1. The number of nitrogens with one attached hydrogen (secondary N) is 3. The number of aromatic nitrogens is 3. The molecule has 0 amide bonds. The molecule has 0 radical (unpaired) electrons. The Balaban J connectivity index is 1.68. The summed E-state index contributed by atoms with van der Waals surface area (Å²) in [6.07, 6.45) is 1.89. The highest BCUT2D eigenvalue weighted by Gasteiger charge is 2.24. The van der Waals surface area contributed by atoms with Gasteiger partial charge >= 0.3 is 0 Å². The molecule has 1 aromatic carbocycles. The first kappa shape index (κ1) is 21.7. The predicted octanol–water partition coefficient (Wildman–Crippen LogP) is 1.67. The lowest BCUT2D eigenvalue weighted by molar-refractivity contribution is 0.491. The molecular formula is C20H27N7O2S. The molecule has 0 saturated heterocycles. The maximum Gasteiger partial charge on any atom is 0.241 e. The van der Waals surface area contributed by atoms with Crippen LogP contribution in [0, 0.1) is 0 Å². The van der Waals surface area contributed by atoms with E-state index in [0.717, 1.165) is 11.5 Å². The summed E-state index contributed by atoms with van der Waals surface area (Å²) in [5, 5.41) is 14.6. The fraction of sp³-hybridized carbons (Fsp3) is 0.350. The van der Waals surface area contributed by atoms with Gasteiger partial charge in [0.15, 0.2) is 17.4 Å². The second-order valence-electron chi connectivity index (χ2n) is 7.79. The summed E-state index contributed by atoms with van der Waals surface area (Å²) in [6.45, 7) is 6.14. The van der Waals surface area contributed by atoms with Gasteiger partial charge in [-0.25, -0.2) is 13.1 Å². The topological polar surface area (TPSA) is 113 Å². The predicted molar refractivity (Wildman–Crippen MR) is 117 cm³/mol. The molecule has 0 bridgehead atoms. The Morgan fingerprint density at radius 3 is 2.47 bits per heavy atom. The SMILES string of the molecule is CN=C(NCc1ccccc1S(=O)(=O)NC(C)(C)C)NCc1nnc2ccccn12. The molecule has 0 aliphatic heterocycles. The van der Waals surface area contributed by atoms with Crippen molar-refractivity contribution >= 4 is 21.6 Å². The minimum Gasteiger partial charge on any atom is -0.352 e. The zero-order valence-corrected chi connectivity index (χ0v) is 18.4. The Bertz CT molecular complexity index is 1150. The Hall–Kier alpha value is -2.98. The Kier molecular flexibility index (Phi) is 6.37. The van der Waals surface area contributed by atoms with Crippen molar-refractivity contribution in [3.63, 3.8) is 0 Å². The third-order valence-electron chi connectivity index (χ3n) is 4.17. The van der Waals surface area contributed by atoms with Crippen LogP contribution >= 0.6 is 0 Å². The first-order chi connectivity index (χ1) is 14.2. The zero-order valence-electron chi connectivity index (χ0n) is 17.5. The van der Waals surface area contributed by atoms with Gasteiger partial charge in [0.05, 0.1) is 11.4 Å². The van der Waals surface area contributed by atoms with Crippen LogP contribution in [0.25, 0.3) is 5.65 Å². The summed E-state index contributed by atoms with van der Waals surface area (Å²) in [5.74, 6) is 1.27. The maximum absolute atomic E-state index is 12.8. The maximum atomic E-state index is 12.8. The second kappa shape index (κ2) is 8.80. The van der Waals surface area contributed by atoms with E-state index >= 15 is 0 Å². The van der Waals surface area contributed by atoms with Gasteiger partial charge in [0.1, 0.15) is 0 Å². The molecule has 0 unspecified atom stereocenters. The summed E-state index contributed by atoms with van der Waals surface area (Å²) in [5.41, 5.74) is 0.839. The van der Waals surface area contributed by atoms with Crippen molar-refractivity contribution in [3.8, 4) is 0 Å². The van der Waals surface area contributed by atoms with Gasteiger partial charge in [-0.15, -0.1) is 10.2 Å². The number of nitrogens with zero attached hydrogens (tertiary/aromatic N) is 4. The van der Waals surface area contributed by atoms with E-state index in [9.17, 15) is 8.42 Å². The summed E-state index contributed by atoms with van der Waals surface area (Å²) in [7, 11) is -1.99. The number of aliphatic imine (C=N–C) groups is 1. The van der Waals surface area contributed by atoms with Gasteiger partial charge in [0, 0.05) is 25.3 Å². The highest BCUT2D eigenvalue weighted by atomic mass is 32.2. The molecule has 3 rings (SSSR count). The van der Waals surface area contributed by atoms with Crippen LogP contribution in [0.4, 0.5) is 0 Å². The molecule has 10 heteroatoms. The lowest BCUT2D eigenvalue weighted by Crippen LogP contribution is -2.41. The minimum atomic E-state index is -3.65. The van der Waals surface area contributed by atoms with Crippen molar-refractivity contribution in [2.24, 2.45) is 4.99 Å². The van der Waals surface area contributed by atoms with Gasteiger partial charge in [0.2, 0.25) is 10.0 Å². The fourth-order valence-corrected chi connectivity index (χ4v) is 4.60. The molecule has 160 valence electrons. The first-order valence-corrected chi connectivity index (χ1v) is 11.0. The van der Waals surface area contributed by atoms with Gasteiger partial charge < -0.3 is 10.6 Å². The number of sulfonamides is 1. The number of hydrogen-bond acceptors (Lipinski definition) is 5. The molecule has 2 aromatic heterocycles. The van der Waals surface area contributed by atoms with Crippen LogP contribution in [0.3, 0.4) is 0 Å². The highest BCUT2D eigenvalue weighted by molar-refractivity contribution is 7.89. The van der Waals surface area contributed by atoms with E-state index < -0.39 is 15.6 Å². The summed E-state index contributed by atoms with van der Waals surface area (Å²) in [6, 6.07) is 12.6. The monoisotopic (exact) mass is 429 g/mol. The quantitative estimate of drug-likeness (QED) is 0.406. The molecule has 3 N–H and O–H groups in total. The molecule has 0 atom stereocenters. The van der Waals surface area contributed by atoms with E-state index in [1.807, 2.05) is 55.6 Å². The third kappa shape index (κ3) is 5.33. The molecule has 3 aromatic rings. The number of hydrogen-bond donors (Lipinski definition) is 3. The molecule has 9 nitrogen and oxygen atoms in total. The number of rotatable bonds is 6. The standard InChI is InChI=1S/C20H27N7O2S/c1-20(2,3)26-30(28,29)16-10-6-5-9-15(16)13-22-19(21-4)23-14-18-25-24-17-11-7-8-12-27(17)18/h5-12,26H,13-14H2,1-4H3,(H2,21,22,23). The van der Waals surface area contributed by atoms with E-state index in [4.69, 9.17) is 0 Å². The summed E-state index contributed by atoms with van der Waals surface area (Å²) in [4.78, 5) is 4.45. The van der Waals surface area contributed by atoms with Crippen LogP contribution in [0.2, 0.25) is 0 Å². The van der Waals surface area contributed by atoms with Gasteiger partial charge in [-0.1, -0.05) is 24.3 Å². The van der Waals surface area contributed by atoms with E-state index in [1.165, 1.54) is 0 Å². The third-order valence-corrected chi connectivity index (χ3v) is 6.03. The Labute approximate surface area is 176 Å². The van der Waals surface area contributed by atoms with Gasteiger partial charge in [-0.3, -0.25) is 9.39 Å². The van der Waals surface area contributed by atoms with Crippen LogP contribution in [0.1, 0.15) is 32.2 Å². The highest BCUT2D eigenvalue weighted by Crippen LogP contribution is 2.17. The van der Waals surface area contributed by atoms with Crippen LogP contribution < -0.4 is 15.4 Å². The van der Waals surface area contributed by atoms with Crippen LogP contribution in [-0.2, 0) is 23.1 Å². The fourth-order valence-electron chi connectivity index (χ4n) is 2.94. The molecule has 0 aliphatic carbocycles. The normalized spacial score (nSPS) is 12.9. The molecule has 0 spiro atoms. The molecule has 0 fully saturated rings. The average molecular weight is 430 g/mol. The largest absolute Gasteiger partial charge is 0.352 e. The molecular weight excluding hydrogens is 402 g/mol. The van der Waals surface area contributed by atoms with Crippen molar-refractivity contribution in [2.45, 2.75) is 44.3 Å². The first-order valence-electron chi connectivity index (χ1n) is 9.55. The lowest BCUT2D eigenvalue weighted by atomic mass is 10.1. The lowest BCUT2D eigenvalue weighted by Gasteiger charge is -2.22. The minimum absolute atomic E-state index is 0.242. The van der Waals surface area contributed by atoms with E-state index in [-0.39, 0.29) is 4.90 Å². The number of pyridine rings is 1. The number of benzene rings is 1. The Morgan fingerprint density at radius 2 is 1.73 bits per heavy atom. The number of fused-ring (bicyclic) bond motifs is 1. The van der Waals surface area contributed by atoms with E-state index in [0.29, 0.717) is 24.6 Å². The molecule has 0 saturated carbocycles. The Morgan fingerprint density at radius 1 is 1.03 bits per heavy atom. The molecule has 0 aliphatic rings. The second-order valence-corrected chi connectivity index (χ2v) is 9.44. The van der Waals surface area contributed by atoms with Crippen LogP contribution in [0.15, 0.2) is 58.5 Å². The zero-order chi connectivity index (χ0) is 21.8. The smallest absolute Gasteiger partial charge is 0.241 e. The van der Waals surface area contributed by atoms with Crippen molar-refractivity contribution < 1.29 is 8.42 Å². The van der Waals surface area contributed by atoms with Gasteiger partial charge in [-0.05, 0) is 44.5 Å². The van der Waals surface area contributed by atoms with Gasteiger partial charge in [-0.2, -0.15) is 0 Å². The average Bonchev–Trinajstić information content (AvgIpc) is 3.10. The van der Waals surface area contributed by atoms with E-state index in [1.54, 1.807) is 25.2 Å². The van der Waals surface area contributed by atoms with Crippen molar-refractivity contribution in [1.29, 1.82) is 0 Å².